The number of para-hydroxylation sites is 1. The van der Waals surface area contributed by atoms with Gasteiger partial charge >= 0.3 is 0 Å². The van der Waals surface area contributed by atoms with Crippen molar-refractivity contribution in [3.63, 3.8) is 0 Å². The maximum atomic E-state index is 9.81. The molecule has 0 radical (unpaired) electrons. The predicted octanol–water partition coefficient (Wildman–Crippen LogP) is 2.89. The normalized spacial score (nSPS) is 12.3. The van der Waals surface area contributed by atoms with Gasteiger partial charge in [-0.2, -0.15) is 11.3 Å². The SMILES string of the molecule is OC(CNc1ccccc1)c1ccsc1. The zero-order chi connectivity index (χ0) is 10.5. The Hall–Kier alpha value is -1.32. The van der Waals surface area contributed by atoms with Gasteiger partial charge < -0.3 is 10.4 Å². The second-order valence-electron chi connectivity index (χ2n) is 3.32. The number of rotatable bonds is 4. The van der Waals surface area contributed by atoms with Crippen LogP contribution in [0.3, 0.4) is 0 Å². The van der Waals surface area contributed by atoms with Crippen molar-refractivity contribution in [2.75, 3.05) is 11.9 Å². The summed E-state index contributed by atoms with van der Waals surface area (Å²) in [5, 5.41) is 16.9. The van der Waals surface area contributed by atoms with E-state index in [4.69, 9.17) is 0 Å². The Morgan fingerprint density at radius 2 is 2.00 bits per heavy atom. The van der Waals surface area contributed by atoms with E-state index in [2.05, 4.69) is 5.32 Å². The Bertz CT molecular complexity index is 385. The standard InChI is InChI=1S/C12H13NOS/c14-12(10-6-7-15-9-10)8-13-11-4-2-1-3-5-11/h1-7,9,12-14H,8H2. The maximum absolute atomic E-state index is 9.81. The zero-order valence-corrected chi connectivity index (χ0v) is 9.08. The van der Waals surface area contributed by atoms with Crippen molar-refractivity contribution in [2.45, 2.75) is 6.10 Å². The molecule has 0 saturated carbocycles. The van der Waals surface area contributed by atoms with Gasteiger partial charge in [0, 0.05) is 12.2 Å². The summed E-state index contributed by atoms with van der Waals surface area (Å²) in [4.78, 5) is 0. The van der Waals surface area contributed by atoms with Crippen LogP contribution in [0, 0.1) is 0 Å². The van der Waals surface area contributed by atoms with E-state index < -0.39 is 6.10 Å². The van der Waals surface area contributed by atoms with Crippen molar-refractivity contribution in [1.29, 1.82) is 0 Å². The van der Waals surface area contributed by atoms with Gasteiger partial charge in [-0.1, -0.05) is 18.2 Å². The van der Waals surface area contributed by atoms with Gasteiger partial charge in [0.1, 0.15) is 0 Å². The van der Waals surface area contributed by atoms with E-state index in [0.29, 0.717) is 6.54 Å². The molecule has 1 atom stereocenters. The van der Waals surface area contributed by atoms with Gasteiger partial charge in [-0.25, -0.2) is 0 Å². The molecule has 0 spiro atoms. The van der Waals surface area contributed by atoms with Gasteiger partial charge in [0.15, 0.2) is 0 Å². The molecule has 2 rings (SSSR count). The lowest BCUT2D eigenvalue weighted by Crippen LogP contribution is -2.11. The van der Waals surface area contributed by atoms with Gasteiger partial charge in [0.2, 0.25) is 0 Å². The lowest BCUT2D eigenvalue weighted by molar-refractivity contribution is 0.192. The molecule has 78 valence electrons. The summed E-state index contributed by atoms with van der Waals surface area (Å²) in [6, 6.07) is 11.8. The molecule has 0 bridgehead atoms. The first kappa shape index (κ1) is 10.2. The molecule has 2 N–H and O–H groups in total. The molecule has 1 unspecified atom stereocenters. The molecule has 0 fully saturated rings. The van der Waals surface area contributed by atoms with Crippen LogP contribution in [0.5, 0.6) is 0 Å². The summed E-state index contributed by atoms with van der Waals surface area (Å²) in [6.07, 6.45) is -0.434. The van der Waals surface area contributed by atoms with Crippen LogP contribution in [-0.2, 0) is 0 Å². The van der Waals surface area contributed by atoms with E-state index in [1.54, 1.807) is 11.3 Å². The first-order valence-electron chi connectivity index (χ1n) is 4.85. The number of aliphatic hydroxyl groups is 1. The highest BCUT2D eigenvalue weighted by molar-refractivity contribution is 7.07. The minimum absolute atomic E-state index is 0.434. The number of nitrogens with one attached hydrogen (secondary N) is 1. The minimum atomic E-state index is -0.434. The minimum Gasteiger partial charge on any atom is -0.387 e. The van der Waals surface area contributed by atoms with Crippen LogP contribution in [0.25, 0.3) is 0 Å². The van der Waals surface area contributed by atoms with E-state index in [1.807, 2.05) is 47.2 Å². The van der Waals surface area contributed by atoms with E-state index in [-0.39, 0.29) is 0 Å². The van der Waals surface area contributed by atoms with E-state index in [1.165, 1.54) is 0 Å². The molecule has 15 heavy (non-hydrogen) atoms. The Morgan fingerprint density at radius 1 is 1.20 bits per heavy atom. The molecule has 1 aromatic heterocycles. The molecule has 0 aliphatic heterocycles. The topological polar surface area (TPSA) is 32.3 Å². The van der Waals surface area contributed by atoms with Crippen LogP contribution in [0.15, 0.2) is 47.2 Å². The van der Waals surface area contributed by atoms with Gasteiger partial charge in [-0.05, 0) is 34.5 Å². The lowest BCUT2D eigenvalue weighted by Gasteiger charge is -2.11. The second kappa shape index (κ2) is 4.96. The third-order valence-electron chi connectivity index (χ3n) is 2.20. The Balaban J connectivity index is 1.89. The number of aliphatic hydroxyl groups excluding tert-OH is 1. The molecule has 0 amide bonds. The van der Waals surface area contributed by atoms with Gasteiger partial charge in [0.25, 0.3) is 0 Å². The highest BCUT2D eigenvalue weighted by Crippen LogP contribution is 2.16. The summed E-state index contributed by atoms with van der Waals surface area (Å²) in [7, 11) is 0. The van der Waals surface area contributed by atoms with Crippen molar-refractivity contribution < 1.29 is 5.11 Å². The van der Waals surface area contributed by atoms with Crippen LogP contribution in [0.2, 0.25) is 0 Å². The summed E-state index contributed by atoms with van der Waals surface area (Å²) in [5.41, 5.74) is 2.01. The van der Waals surface area contributed by atoms with Crippen LogP contribution in [0.4, 0.5) is 5.69 Å². The number of hydrogen-bond acceptors (Lipinski definition) is 3. The van der Waals surface area contributed by atoms with Gasteiger partial charge in [-0.3, -0.25) is 0 Å². The number of benzene rings is 1. The fraction of sp³-hybridized carbons (Fsp3) is 0.167. The van der Waals surface area contributed by atoms with Crippen molar-refractivity contribution >= 4 is 17.0 Å². The maximum Gasteiger partial charge on any atom is 0.0970 e. The van der Waals surface area contributed by atoms with E-state index in [9.17, 15) is 5.11 Å². The first-order valence-corrected chi connectivity index (χ1v) is 5.79. The summed E-state index contributed by atoms with van der Waals surface area (Å²) in [6.45, 7) is 0.542. The number of thiophene rings is 1. The number of anilines is 1. The molecule has 2 aromatic rings. The Morgan fingerprint density at radius 3 is 2.67 bits per heavy atom. The van der Waals surface area contributed by atoms with Crippen LogP contribution in [0.1, 0.15) is 11.7 Å². The molecule has 2 nitrogen and oxygen atoms in total. The molecule has 0 aliphatic carbocycles. The fourth-order valence-corrected chi connectivity index (χ4v) is 2.06. The molecule has 0 saturated heterocycles. The summed E-state index contributed by atoms with van der Waals surface area (Å²) < 4.78 is 0. The smallest absolute Gasteiger partial charge is 0.0970 e. The average Bonchev–Trinajstić information content (AvgIpc) is 2.81. The molecule has 0 aliphatic rings. The van der Waals surface area contributed by atoms with Gasteiger partial charge in [0.05, 0.1) is 6.10 Å². The zero-order valence-electron chi connectivity index (χ0n) is 8.26. The molecular weight excluding hydrogens is 206 g/mol. The second-order valence-corrected chi connectivity index (χ2v) is 4.10. The summed E-state index contributed by atoms with van der Waals surface area (Å²) >= 11 is 1.60. The third-order valence-corrected chi connectivity index (χ3v) is 2.90. The lowest BCUT2D eigenvalue weighted by atomic mass is 10.2. The Kier molecular flexibility index (Phi) is 3.37. The van der Waals surface area contributed by atoms with Crippen molar-refractivity contribution in [1.82, 2.24) is 0 Å². The highest BCUT2D eigenvalue weighted by Gasteiger charge is 2.06. The van der Waals surface area contributed by atoms with Crippen molar-refractivity contribution in [3.8, 4) is 0 Å². The largest absolute Gasteiger partial charge is 0.387 e. The predicted molar refractivity (Wildman–Crippen MR) is 64.2 cm³/mol. The van der Waals surface area contributed by atoms with Crippen LogP contribution >= 0.6 is 11.3 Å². The molecule has 1 heterocycles. The van der Waals surface area contributed by atoms with Crippen LogP contribution in [-0.4, -0.2) is 11.7 Å². The monoisotopic (exact) mass is 219 g/mol. The fourth-order valence-electron chi connectivity index (χ4n) is 1.35. The first-order chi connectivity index (χ1) is 7.36. The van der Waals surface area contributed by atoms with E-state index in [0.717, 1.165) is 11.3 Å². The summed E-state index contributed by atoms with van der Waals surface area (Å²) in [5.74, 6) is 0. The highest BCUT2D eigenvalue weighted by atomic mass is 32.1. The average molecular weight is 219 g/mol. The van der Waals surface area contributed by atoms with Crippen molar-refractivity contribution in [2.24, 2.45) is 0 Å². The van der Waals surface area contributed by atoms with Crippen molar-refractivity contribution in [3.05, 3.63) is 52.7 Å². The van der Waals surface area contributed by atoms with E-state index >= 15 is 0 Å². The molecule has 3 heteroatoms. The van der Waals surface area contributed by atoms with Gasteiger partial charge in [-0.15, -0.1) is 0 Å². The quantitative estimate of drug-likeness (QED) is 0.828. The number of hydrogen-bond donors (Lipinski definition) is 2. The molecular formula is C12H13NOS. The Labute approximate surface area is 93.2 Å². The van der Waals surface area contributed by atoms with Crippen LogP contribution < -0.4 is 5.32 Å². The third kappa shape index (κ3) is 2.81. The molecule has 1 aromatic carbocycles.